The normalized spacial score (nSPS) is 24.7. The van der Waals surface area contributed by atoms with Gasteiger partial charge in [-0.05, 0) is 12.1 Å². The first-order valence-corrected chi connectivity index (χ1v) is 9.10. The minimum Gasteiger partial charge on any atom is -0.392 e. The number of para-hydroxylation sites is 1. The number of aliphatic hydroxyl groups excluding tert-OH is 1. The van der Waals surface area contributed by atoms with Crippen LogP contribution in [0.1, 0.15) is 12.6 Å². The van der Waals surface area contributed by atoms with Gasteiger partial charge in [-0.3, -0.25) is 4.98 Å². The summed E-state index contributed by atoms with van der Waals surface area (Å²) in [6.07, 6.45) is 0.337. The van der Waals surface area contributed by atoms with Crippen molar-refractivity contribution < 1.29 is 5.11 Å². The molecule has 1 N–H and O–H groups in total. The van der Waals surface area contributed by atoms with E-state index < -0.39 is 0 Å². The van der Waals surface area contributed by atoms with Crippen molar-refractivity contribution in [2.45, 2.75) is 29.9 Å². The molecule has 3 atom stereocenters. The van der Waals surface area contributed by atoms with Crippen LogP contribution in [-0.4, -0.2) is 38.2 Å². The van der Waals surface area contributed by atoms with Gasteiger partial charge in [0.1, 0.15) is 0 Å². The molecule has 0 aliphatic carbocycles. The number of hydrogen-bond acceptors (Lipinski definition) is 4. The number of aliphatic hydroxyl groups is 1. The molecule has 4 heteroatoms. The Labute approximate surface area is 128 Å². The first-order chi connectivity index (χ1) is 9.74. The largest absolute Gasteiger partial charge is 0.392 e. The van der Waals surface area contributed by atoms with Crippen molar-refractivity contribution in [3.63, 3.8) is 0 Å². The van der Waals surface area contributed by atoms with Crippen LogP contribution in [0.2, 0.25) is 0 Å². The fourth-order valence-electron chi connectivity index (χ4n) is 2.62. The summed E-state index contributed by atoms with van der Waals surface area (Å²) in [6.45, 7) is 2.22. The second-order valence-corrected chi connectivity index (χ2v) is 7.95. The van der Waals surface area contributed by atoms with E-state index in [1.165, 1.54) is 5.75 Å². The summed E-state index contributed by atoms with van der Waals surface area (Å²) >= 11 is 3.87. The summed E-state index contributed by atoms with van der Waals surface area (Å²) in [5.74, 6) is 2.34. The quantitative estimate of drug-likeness (QED) is 0.942. The predicted molar refractivity (Wildman–Crippen MR) is 89.6 cm³/mol. The number of hydrogen-bond donors (Lipinski definition) is 1. The first-order valence-electron chi connectivity index (χ1n) is 7.00. The number of fused-ring (bicyclic) bond motifs is 1. The van der Waals surface area contributed by atoms with Crippen LogP contribution in [0, 0.1) is 0 Å². The molecule has 0 spiro atoms. The summed E-state index contributed by atoms with van der Waals surface area (Å²) in [6, 6.07) is 12.3. The van der Waals surface area contributed by atoms with Gasteiger partial charge in [0, 0.05) is 39.5 Å². The summed E-state index contributed by atoms with van der Waals surface area (Å²) in [4.78, 5) is 4.66. The average molecular weight is 305 g/mol. The molecule has 3 unspecified atom stereocenters. The van der Waals surface area contributed by atoms with E-state index in [0.717, 1.165) is 22.3 Å². The van der Waals surface area contributed by atoms with E-state index in [-0.39, 0.29) is 6.10 Å². The van der Waals surface area contributed by atoms with Crippen LogP contribution >= 0.6 is 23.5 Å². The lowest BCUT2D eigenvalue weighted by Gasteiger charge is -2.31. The van der Waals surface area contributed by atoms with Gasteiger partial charge in [-0.25, -0.2) is 0 Å². The molecule has 2 heterocycles. The standard InChI is InChI=1S/C16H19NOS2/c1-11-16(20-9-8-19-11)15(18)10-13-7-6-12-4-2-3-5-14(12)17-13/h2-7,11,15-16,18H,8-10H2,1H3. The average Bonchev–Trinajstić information content (AvgIpc) is 2.47. The van der Waals surface area contributed by atoms with Gasteiger partial charge >= 0.3 is 0 Å². The highest BCUT2D eigenvalue weighted by atomic mass is 32.2. The number of rotatable bonds is 3. The lowest BCUT2D eigenvalue weighted by Crippen LogP contribution is -2.36. The van der Waals surface area contributed by atoms with Crippen molar-refractivity contribution in [2.75, 3.05) is 11.5 Å². The van der Waals surface area contributed by atoms with Gasteiger partial charge in [0.2, 0.25) is 0 Å². The van der Waals surface area contributed by atoms with E-state index in [4.69, 9.17) is 0 Å². The molecule has 20 heavy (non-hydrogen) atoms. The second-order valence-electron chi connectivity index (χ2n) is 5.18. The SMILES string of the molecule is CC1SCCSC1C(O)Cc1ccc2ccccc2n1. The third-order valence-corrected chi connectivity index (χ3v) is 6.93. The van der Waals surface area contributed by atoms with Gasteiger partial charge in [0.25, 0.3) is 0 Å². The molecular formula is C16H19NOS2. The maximum absolute atomic E-state index is 10.5. The summed E-state index contributed by atoms with van der Waals surface area (Å²) in [5, 5.41) is 12.5. The van der Waals surface area contributed by atoms with Crippen molar-refractivity contribution in [2.24, 2.45) is 0 Å². The van der Waals surface area contributed by atoms with E-state index in [1.807, 2.05) is 47.8 Å². The van der Waals surface area contributed by atoms with Crippen LogP contribution in [0.3, 0.4) is 0 Å². The lowest BCUT2D eigenvalue weighted by atomic mass is 10.1. The molecule has 2 nitrogen and oxygen atoms in total. The smallest absolute Gasteiger partial charge is 0.0724 e. The Kier molecular flexibility index (Phi) is 4.54. The summed E-state index contributed by atoms with van der Waals surface area (Å²) in [5.41, 5.74) is 2.00. The number of aromatic nitrogens is 1. The molecule has 1 aromatic carbocycles. The fraction of sp³-hybridized carbons (Fsp3) is 0.438. The monoisotopic (exact) mass is 305 g/mol. The predicted octanol–water partition coefficient (Wildman–Crippen LogP) is 3.38. The summed E-state index contributed by atoms with van der Waals surface area (Å²) in [7, 11) is 0. The highest BCUT2D eigenvalue weighted by Crippen LogP contribution is 2.33. The molecule has 0 radical (unpaired) electrons. The Balaban J connectivity index is 1.74. The van der Waals surface area contributed by atoms with E-state index in [2.05, 4.69) is 24.0 Å². The molecule has 0 bridgehead atoms. The third kappa shape index (κ3) is 3.13. The topological polar surface area (TPSA) is 33.1 Å². The first kappa shape index (κ1) is 14.2. The zero-order chi connectivity index (χ0) is 13.9. The molecule has 1 aromatic heterocycles. The van der Waals surface area contributed by atoms with Crippen LogP contribution < -0.4 is 0 Å². The molecule has 2 aromatic rings. The highest BCUT2D eigenvalue weighted by molar-refractivity contribution is 8.07. The number of benzene rings is 1. The molecule has 106 valence electrons. The minimum absolute atomic E-state index is 0.309. The van der Waals surface area contributed by atoms with Gasteiger partial charge in [-0.2, -0.15) is 23.5 Å². The molecular weight excluding hydrogens is 286 g/mol. The van der Waals surface area contributed by atoms with Crippen molar-refractivity contribution in [1.29, 1.82) is 0 Å². The third-order valence-electron chi connectivity index (χ3n) is 3.69. The van der Waals surface area contributed by atoms with Gasteiger partial charge in [0.05, 0.1) is 11.6 Å². The number of pyridine rings is 1. The fourth-order valence-corrected chi connectivity index (χ4v) is 5.47. The highest BCUT2D eigenvalue weighted by Gasteiger charge is 2.29. The van der Waals surface area contributed by atoms with Crippen molar-refractivity contribution in [3.05, 3.63) is 42.1 Å². The molecule has 0 saturated carbocycles. The Morgan fingerprint density at radius 1 is 1.20 bits per heavy atom. The maximum Gasteiger partial charge on any atom is 0.0724 e. The van der Waals surface area contributed by atoms with Crippen LogP contribution in [0.5, 0.6) is 0 Å². The lowest BCUT2D eigenvalue weighted by molar-refractivity contribution is 0.170. The van der Waals surface area contributed by atoms with Gasteiger partial charge in [-0.15, -0.1) is 0 Å². The van der Waals surface area contributed by atoms with Crippen LogP contribution in [0.25, 0.3) is 10.9 Å². The van der Waals surface area contributed by atoms with Crippen molar-refractivity contribution >= 4 is 34.4 Å². The Morgan fingerprint density at radius 2 is 2.00 bits per heavy atom. The van der Waals surface area contributed by atoms with E-state index in [0.29, 0.717) is 16.9 Å². The molecule has 1 saturated heterocycles. The van der Waals surface area contributed by atoms with Crippen LogP contribution in [0.15, 0.2) is 36.4 Å². The zero-order valence-electron chi connectivity index (χ0n) is 11.5. The molecule has 1 aliphatic heterocycles. The van der Waals surface area contributed by atoms with Gasteiger partial charge < -0.3 is 5.11 Å². The van der Waals surface area contributed by atoms with E-state index in [1.54, 1.807) is 0 Å². The Bertz CT molecular complexity index is 589. The number of nitrogens with zero attached hydrogens (tertiary/aromatic N) is 1. The minimum atomic E-state index is -0.309. The summed E-state index contributed by atoms with van der Waals surface area (Å²) < 4.78 is 0. The van der Waals surface area contributed by atoms with Crippen molar-refractivity contribution in [3.8, 4) is 0 Å². The van der Waals surface area contributed by atoms with E-state index >= 15 is 0 Å². The zero-order valence-corrected chi connectivity index (χ0v) is 13.2. The molecule has 1 fully saturated rings. The maximum atomic E-state index is 10.5. The molecule has 0 amide bonds. The Hall–Kier alpha value is -0.710. The van der Waals surface area contributed by atoms with Crippen LogP contribution in [0.4, 0.5) is 0 Å². The van der Waals surface area contributed by atoms with Crippen molar-refractivity contribution in [1.82, 2.24) is 4.98 Å². The van der Waals surface area contributed by atoms with Gasteiger partial charge in [-0.1, -0.05) is 31.2 Å². The Morgan fingerprint density at radius 3 is 2.85 bits per heavy atom. The molecule has 1 aliphatic rings. The molecule has 3 rings (SSSR count). The van der Waals surface area contributed by atoms with E-state index in [9.17, 15) is 5.11 Å². The second kappa shape index (κ2) is 6.37. The number of thioether (sulfide) groups is 2. The van der Waals surface area contributed by atoms with Gasteiger partial charge in [0.15, 0.2) is 0 Å². The van der Waals surface area contributed by atoms with Crippen LogP contribution in [-0.2, 0) is 6.42 Å².